The molecule has 0 aromatic heterocycles. The molecule has 6 nitrogen and oxygen atoms in total. The molecular weight excluding hydrogens is 322 g/mol. The quantitative estimate of drug-likeness (QED) is 0.867. The van der Waals surface area contributed by atoms with Crippen molar-refractivity contribution in [1.82, 2.24) is 0 Å². The number of amides is 1. The van der Waals surface area contributed by atoms with Crippen molar-refractivity contribution in [3.63, 3.8) is 0 Å². The minimum atomic E-state index is -1.04. The molecule has 132 valence electrons. The highest BCUT2D eigenvalue weighted by atomic mass is 16.5. The summed E-state index contributed by atoms with van der Waals surface area (Å²) in [7, 11) is 3.04. The summed E-state index contributed by atoms with van der Waals surface area (Å²) < 4.78 is 10.6. The molecule has 0 heterocycles. The zero-order valence-corrected chi connectivity index (χ0v) is 14.9. The van der Waals surface area contributed by atoms with Crippen molar-refractivity contribution in [2.75, 3.05) is 19.5 Å². The van der Waals surface area contributed by atoms with Crippen molar-refractivity contribution >= 4 is 17.6 Å². The number of aryl methyl sites for hydroxylation is 2. The number of hydrogen-bond donors (Lipinski definition) is 2. The lowest BCUT2D eigenvalue weighted by Crippen LogP contribution is -2.14. The van der Waals surface area contributed by atoms with E-state index in [0.717, 1.165) is 11.1 Å². The molecule has 0 saturated heterocycles. The van der Waals surface area contributed by atoms with Crippen LogP contribution in [0.4, 0.5) is 5.69 Å². The lowest BCUT2D eigenvalue weighted by atomic mass is 10.0. The third kappa shape index (κ3) is 3.74. The van der Waals surface area contributed by atoms with E-state index in [1.807, 2.05) is 13.8 Å². The van der Waals surface area contributed by atoms with E-state index >= 15 is 0 Å². The predicted octanol–water partition coefficient (Wildman–Crippen LogP) is 3.58. The van der Waals surface area contributed by atoms with Crippen molar-refractivity contribution in [3.8, 4) is 11.5 Å². The molecule has 0 unspecified atom stereocenters. The molecule has 2 aromatic carbocycles. The van der Waals surface area contributed by atoms with Crippen LogP contribution in [0.5, 0.6) is 11.5 Å². The standard InChI is InChI=1S/C19H21NO5/c1-10-6-11(2)15(9-14(10)19(22)23)20-18(21)13-7-16(24-4)12(3)17(8-13)25-5/h6-9H,1-5H3,(H,20,21)(H,22,23). The molecule has 6 heteroatoms. The SMILES string of the molecule is COc1cc(C(=O)Nc2cc(C(=O)O)c(C)cc2C)cc(OC)c1C. The fraction of sp³-hybridized carbons (Fsp3) is 0.263. The number of methoxy groups -OCH3 is 2. The fourth-order valence-corrected chi connectivity index (χ4v) is 2.63. The third-order valence-corrected chi connectivity index (χ3v) is 4.06. The second kappa shape index (κ2) is 7.25. The normalized spacial score (nSPS) is 10.3. The highest BCUT2D eigenvalue weighted by Gasteiger charge is 2.16. The van der Waals surface area contributed by atoms with Gasteiger partial charge in [-0.1, -0.05) is 6.07 Å². The van der Waals surface area contributed by atoms with E-state index in [-0.39, 0.29) is 11.5 Å². The molecule has 1 amide bonds. The van der Waals surface area contributed by atoms with Gasteiger partial charge in [-0.25, -0.2) is 4.79 Å². The Balaban J connectivity index is 2.40. The summed E-state index contributed by atoms with van der Waals surface area (Å²) >= 11 is 0. The molecule has 0 radical (unpaired) electrons. The van der Waals surface area contributed by atoms with Crippen LogP contribution in [-0.2, 0) is 0 Å². The van der Waals surface area contributed by atoms with Gasteiger partial charge in [-0.15, -0.1) is 0 Å². The highest BCUT2D eigenvalue weighted by Crippen LogP contribution is 2.30. The van der Waals surface area contributed by atoms with Gasteiger partial charge >= 0.3 is 5.97 Å². The lowest BCUT2D eigenvalue weighted by molar-refractivity contribution is 0.0695. The van der Waals surface area contributed by atoms with Crippen molar-refractivity contribution in [1.29, 1.82) is 0 Å². The minimum absolute atomic E-state index is 0.153. The van der Waals surface area contributed by atoms with E-state index in [1.54, 1.807) is 25.1 Å². The monoisotopic (exact) mass is 343 g/mol. The second-order valence-electron chi connectivity index (χ2n) is 5.75. The number of anilines is 1. The maximum atomic E-state index is 12.6. The number of nitrogens with one attached hydrogen (secondary N) is 1. The Hall–Kier alpha value is -3.02. The molecule has 0 saturated carbocycles. The Morgan fingerprint density at radius 2 is 1.48 bits per heavy atom. The zero-order valence-electron chi connectivity index (χ0n) is 14.9. The number of carboxylic acid groups (broad SMARTS) is 1. The number of carbonyl (C=O) groups is 2. The van der Waals surface area contributed by atoms with Crippen LogP contribution in [-0.4, -0.2) is 31.2 Å². The van der Waals surface area contributed by atoms with Gasteiger partial charge in [0.25, 0.3) is 5.91 Å². The number of benzene rings is 2. The summed E-state index contributed by atoms with van der Waals surface area (Å²) in [6, 6.07) is 6.44. The molecule has 0 aliphatic rings. The van der Waals surface area contributed by atoms with Crippen molar-refractivity contribution in [3.05, 3.63) is 52.1 Å². The Kier molecular flexibility index (Phi) is 5.32. The zero-order chi connectivity index (χ0) is 18.7. The molecule has 25 heavy (non-hydrogen) atoms. The van der Waals surface area contributed by atoms with E-state index in [9.17, 15) is 14.7 Å². The minimum Gasteiger partial charge on any atom is -0.496 e. The maximum Gasteiger partial charge on any atom is 0.336 e. The summed E-state index contributed by atoms with van der Waals surface area (Å²) in [5, 5.41) is 12.0. The van der Waals surface area contributed by atoms with E-state index in [1.165, 1.54) is 20.3 Å². The first-order valence-corrected chi connectivity index (χ1v) is 7.67. The van der Waals surface area contributed by atoms with Crippen molar-refractivity contribution in [2.45, 2.75) is 20.8 Å². The van der Waals surface area contributed by atoms with Gasteiger partial charge in [-0.3, -0.25) is 4.79 Å². The fourth-order valence-electron chi connectivity index (χ4n) is 2.63. The van der Waals surface area contributed by atoms with Crippen LogP contribution in [0.3, 0.4) is 0 Å². The molecule has 2 aromatic rings. The summed E-state index contributed by atoms with van der Waals surface area (Å²) in [6.07, 6.45) is 0. The Labute approximate surface area is 146 Å². The van der Waals surface area contributed by atoms with Gasteiger partial charge in [0, 0.05) is 16.8 Å². The first-order chi connectivity index (χ1) is 11.8. The molecule has 0 atom stereocenters. The summed E-state index contributed by atoms with van der Waals surface area (Å²) in [5.74, 6) is -0.334. The van der Waals surface area contributed by atoms with Crippen LogP contribution in [0.15, 0.2) is 24.3 Å². The first-order valence-electron chi connectivity index (χ1n) is 7.67. The predicted molar refractivity (Wildman–Crippen MR) is 95.1 cm³/mol. The Morgan fingerprint density at radius 1 is 0.920 bits per heavy atom. The number of aromatic carboxylic acids is 1. The topological polar surface area (TPSA) is 84.9 Å². The molecule has 0 bridgehead atoms. The largest absolute Gasteiger partial charge is 0.496 e. The van der Waals surface area contributed by atoms with Crippen LogP contribution >= 0.6 is 0 Å². The molecule has 2 rings (SSSR count). The number of rotatable bonds is 5. The van der Waals surface area contributed by atoms with Crippen LogP contribution in [0, 0.1) is 20.8 Å². The molecule has 0 spiro atoms. The summed E-state index contributed by atoms with van der Waals surface area (Å²) in [5.41, 5.74) is 3.17. The Morgan fingerprint density at radius 3 is 1.96 bits per heavy atom. The smallest absolute Gasteiger partial charge is 0.336 e. The first kappa shape index (κ1) is 18.3. The van der Waals surface area contributed by atoms with Crippen molar-refractivity contribution < 1.29 is 24.2 Å². The molecule has 0 aliphatic heterocycles. The summed E-state index contributed by atoms with van der Waals surface area (Å²) in [6.45, 7) is 5.37. The molecule has 0 fully saturated rings. The Bertz CT molecular complexity index is 817. The van der Waals surface area contributed by atoms with Crippen LogP contribution < -0.4 is 14.8 Å². The average molecular weight is 343 g/mol. The van der Waals surface area contributed by atoms with E-state index < -0.39 is 5.97 Å². The maximum absolute atomic E-state index is 12.6. The average Bonchev–Trinajstić information content (AvgIpc) is 2.56. The van der Waals surface area contributed by atoms with Gasteiger partial charge in [0.15, 0.2) is 0 Å². The molecule has 2 N–H and O–H groups in total. The number of carbonyl (C=O) groups excluding carboxylic acids is 1. The van der Waals surface area contributed by atoms with Gasteiger partial charge < -0.3 is 19.9 Å². The highest BCUT2D eigenvalue weighted by molar-refractivity contribution is 6.06. The number of ether oxygens (including phenoxy) is 2. The second-order valence-corrected chi connectivity index (χ2v) is 5.75. The van der Waals surface area contributed by atoms with Gasteiger partial charge in [0.05, 0.1) is 19.8 Å². The van der Waals surface area contributed by atoms with Gasteiger partial charge in [0.1, 0.15) is 11.5 Å². The van der Waals surface area contributed by atoms with Gasteiger partial charge in [-0.05, 0) is 50.1 Å². The number of hydrogen-bond acceptors (Lipinski definition) is 4. The van der Waals surface area contributed by atoms with Crippen LogP contribution in [0.1, 0.15) is 37.4 Å². The number of carboxylic acids is 1. The van der Waals surface area contributed by atoms with E-state index in [4.69, 9.17) is 9.47 Å². The lowest BCUT2D eigenvalue weighted by Gasteiger charge is -2.14. The molecular formula is C19H21NO5. The van der Waals surface area contributed by atoms with Gasteiger partial charge in [0.2, 0.25) is 0 Å². The van der Waals surface area contributed by atoms with Crippen molar-refractivity contribution in [2.24, 2.45) is 0 Å². The third-order valence-electron chi connectivity index (χ3n) is 4.06. The van der Waals surface area contributed by atoms with Gasteiger partial charge in [-0.2, -0.15) is 0 Å². The summed E-state index contributed by atoms with van der Waals surface area (Å²) in [4.78, 5) is 23.9. The van der Waals surface area contributed by atoms with Crippen LogP contribution in [0.2, 0.25) is 0 Å². The molecule has 0 aliphatic carbocycles. The van der Waals surface area contributed by atoms with Crippen LogP contribution in [0.25, 0.3) is 0 Å². The van der Waals surface area contributed by atoms with E-state index in [0.29, 0.717) is 28.3 Å². The van der Waals surface area contributed by atoms with E-state index in [2.05, 4.69) is 5.32 Å².